The Hall–Kier alpha value is -3.00. The van der Waals surface area contributed by atoms with Crippen LogP contribution < -0.4 is 16.6 Å². The van der Waals surface area contributed by atoms with Crippen LogP contribution in [-0.2, 0) is 19.5 Å². The molecular formula is C23H31N7O. The molecule has 1 aliphatic heterocycles. The van der Waals surface area contributed by atoms with Crippen molar-refractivity contribution in [3.8, 4) is 0 Å². The van der Waals surface area contributed by atoms with Gasteiger partial charge in [0, 0.05) is 25.7 Å². The first-order valence-electron chi connectivity index (χ1n) is 11.1. The molecular weight excluding hydrogens is 390 g/mol. The Morgan fingerprint density at radius 1 is 1.23 bits per heavy atom. The number of anilines is 2. The van der Waals surface area contributed by atoms with Crippen LogP contribution in [0.25, 0.3) is 10.9 Å². The predicted octanol–water partition coefficient (Wildman–Crippen LogP) is 2.80. The molecule has 0 atom stereocenters. The van der Waals surface area contributed by atoms with Crippen LogP contribution in [0.15, 0.2) is 29.2 Å². The summed E-state index contributed by atoms with van der Waals surface area (Å²) in [6, 6.07) is 7.04. The summed E-state index contributed by atoms with van der Waals surface area (Å²) in [6.07, 6.45) is 4.65. The van der Waals surface area contributed by atoms with E-state index in [-0.39, 0.29) is 11.5 Å². The third kappa shape index (κ3) is 4.54. The third-order valence-electron chi connectivity index (χ3n) is 5.92. The van der Waals surface area contributed by atoms with Crippen molar-refractivity contribution < 1.29 is 0 Å². The van der Waals surface area contributed by atoms with Crippen LogP contribution in [0, 0.1) is 0 Å². The van der Waals surface area contributed by atoms with Crippen molar-refractivity contribution in [2.24, 2.45) is 0 Å². The predicted molar refractivity (Wildman–Crippen MR) is 124 cm³/mol. The largest absolute Gasteiger partial charge is 0.369 e. The normalized spacial score (nSPS) is 14.2. The average molecular weight is 422 g/mol. The highest BCUT2D eigenvalue weighted by Crippen LogP contribution is 2.22. The number of benzene rings is 1. The highest BCUT2D eigenvalue weighted by molar-refractivity contribution is 5.88. The van der Waals surface area contributed by atoms with Gasteiger partial charge in [-0.2, -0.15) is 10.1 Å². The fourth-order valence-electron chi connectivity index (χ4n) is 4.07. The second-order valence-corrected chi connectivity index (χ2v) is 8.50. The molecule has 0 unspecified atom stereocenters. The topological polar surface area (TPSA) is 102 Å². The van der Waals surface area contributed by atoms with Crippen molar-refractivity contribution in [1.29, 1.82) is 0 Å². The lowest BCUT2D eigenvalue weighted by Crippen LogP contribution is -2.35. The fourth-order valence-corrected chi connectivity index (χ4v) is 4.07. The van der Waals surface area contributed by atoms with E-state index in [2.05, 4.69) is 64.3 Å². The maximum absolute atomic E-state index is 13.2. The zero-order chi connectivity index (χ0) is 22.0. The maximum Gasteiger partial charge on any atom is 0.280 e. The summed E-state index contributed by atoms with van der Waals surface area (Å²) in [5, 5.41) is 8.02. The number of nitrogens with zero attached hydrogens (tertiary/aromatic N) is 5. The van der Waals surface area contributed by atoms with E-state index in [4.69, 9.17) is 5.73 Å². The molecule has 2 aromatic heterocycles. The minimum Gasteiger partial charge on any atom is -0.369 e. The zero-order valence-electron chi connectivity index (χ0n) is 18.6. The van der Waals surface area contributed by atoms with Crippen molar-refractivity contribution in [3.05, 3.63) is 51.4 Å². The number of fused-ring (bicyclic) bond motifs is 2. The van der Waals surface area contributed by atoms with E-state index in [1.54, 1.807) is 6.20 Å². The van der Waals surface area contributed by atoms with Gasteiger partial charge in [-0.25, -0.2) is 9.67 Å². The standard InChI is InChI=1S/C23H31N7O/c1-4-5-9-25-21-20-19(27-23(24)28-21)12-26-30(22(20)31)13-16-6-7-18-14-29(15(2)3)10-8-17(18)11-16/h6-7,11-12,15H,4-5,8-10,13-14H2,1-3H3,(H3,24,25,27,28). The lowest BCUT2D eigenvalue weighted by molar-refractivity contribution is 0.203. The SMILES string of the molecule is CCCCNc1nc(N)nc2cnn(Cc3ccc4c(c3)CCN(C(C)C)C4)c(=O)c12. The quantitative estimate of drug-likeness (QED) is 0.566. The number of hydrogen-bond acceptors (Lipinski definition) is 7. The van der Waals surface area contributed by atoms with Gasteiger partial charge in [-0.05, 0) is 43.4 Å². The Bertz CT molecular complexity index is 1140. The average Bonchev–Trinajstić information content (AvgIpc) is 2.75. The van der Waals surface area contributed by atoms with Crippen LogP contribution in [0.5, 0.6) is 0 Å². The summed E-state index contributed by atoms with van der Waals surface area (Å²) in [5.74, 6) is 0.617. The highest BCUT2D eigenvalue weighted by atomic mass is 16.1. The van der Waals surface area contributed by atoms with Crippen molar-refractivity contribution in [2.75, 3.05) is 24.1 Å². The maximum atomic E-state index is 13.2. The molecule has 8 heteroatoms. The van der Waals surface area contributed by atoms with Crippen LogP contribution in [0.4, 0.5) is 11.8 Å². The lowest BCUT2D eigenvalue weighted by Gasteiger charge is -2.32. The summed E-state index contributed by atoms with van der Waals surface area (Å²) in [4.78, 5) is 24.2. The van der Waals surface area contributed by atoms with E-state index in [1.165, 1.54) is 15.8 Å². The van der Waals surface area contributed by atoms with E-state index in [9.17, 15) is 4.79 Å². The fraction of sp³-hybridized carbons (Fsp3) is 0.478. The van der Waals surface area contributed by atoms with E-state index < -0.39 is 0 Å². The number of unbranched alkanes of at least 4 members (excludes halogenated alkanes) is 1. The zero-order valence-corrected chi connectivity index (χ0v) is 18.6. The molecule has 3 N–H and O–H groups in total. The lowest BCUT2D eigenvalue weighted by atomic mass is 9.96. The van der Waals surface area contributed by atoms with Gasteiger partial charge in [-0.15, -0.1) is 0 Å². The molecule has 164 valence electrons. The molecule has 0 fully saturated rings. The number of aromatic nitrogens is 4. The van der Waals surface area contributed by atoms with Gasteiger partial charge in [0.2, 0.25) is 5.95 Å². The van der Waals surface area contributed by atoms with Gasteiger partial charge < -0.3 is 11.1 Å². The Labute approximate surface area is 182 Å². The van der Waals surface area contributed by atoms with Gasteiger partial charge in [0.05, 0.1) is 12.7 Å². The summed E-state index contributed by atoms with van der Waals surface area (Å²) < 4.78 is 1.48. The first-order chi connectivity index (χ1) is 15.0. The molecule has 4 rings (SSSR count). The smallest absolute Gasteiger partial charge is 0.280 e. The van der Waals surface area contributed by atoms with Crippen LogP contribution in [0.2, 0.25) is 0 Å². The van der Waals surface area contributed by atoms with Crippen molar-refractivity contribution in [1.82, 2.24) is 24.6 Å². The number of hydrogen-bond donors (Lipinski definition) is 2. The number of rotatable bonds is 7. The number of nitrogens with two attached hydrogens (primary N) is 1. The molecule has 8 nitrogen and oxygen atoms in total. The van der Waals surface area contributed by atoms with E-state index in [0.29, 0.717) is 29.3 Å². The van der Waals surface area contributed by atoms with Gasteiger partial charge in [-0.1, -0.05) is 31.5 Å². The summed E-state index contributed by atoms with van der Waals surface area (Å²) in [7, 11) is 0. The molecule has 0 radical (unpaired) electrons. The second kappa shape index (κ2) is 9.01. The summed E-state index contributed by atoms with van der Waals surface area (Å²) in [5.41, 5.74) is 9.89. The summed E-state index contributed by atoms with van der Waals surface area (Å²) >= 11 is 0. The summed E-state index contributed by atoms with van der Waals surface area (Å²) in [6.45, 7) is 9.77. The first-order valence-corrected chi connectivity index (χ1v) is 11.1. The molecule has 0 spiro atoms. The van der Waals surface area contributed by atoms with Gasteiger partial charge in [0.25, 0.3) is 5.56 Å². The Balaban J connectivity index is 1.63. The molecule has 0 saturated heterocycles. The van der Waals surface area contributed by atoms with Crippen molar-refractivity contribution in [2.45, 2.75) is 59.2 Å². The number of nitrogen functional groups attached to an aromatic ring is 1. The van der Waals surface area contributed by atoms with Gasteiger partial charge in [0.15, 0.2) is 0 Å². The molecule has 0 amide bonds. The van der Waals surface area contributed by atoms with E-state index in [0.717, 1.165) is 44.5 Å². The second-order valence-electron chi connectivity index (χ2n) is 8.50. The van der Waals surface area contributed by atoms with Crippen LogP contribution in [0.1, 0.15) is 50.3 Å². The minimum absolute atomic E-state index is 0.135. The molecule has 0 bridgehead atoms. The van der Waals surface area contributed by atoms with Crippen molar-refractivity contribution in [3.63, 3.8) is 0 Å². The Morgan fingerprint density at radius 2 is 2.06 bits per heavy atom. The van der Waals surface area contributed by atoms with E-state index >= 15 is 0 Å². The van der Waals surface area contributed by atoms with Gasteiger partial charge in [-0.3, -0.25) is 9.69 Å². The minimum atomic E-state index is -0.208. The molecule has 0 saturated carbocycles. The first kappa shape index (κ1) is 21.2. The van der Waals surface area contributed by atoms with Gasteiger partial charge in [0.1, 0.15) is 16.7 Å². The van der Waals surface area contributed by atoms with E-state index in [1.807, 2.05) is 0 Å². The highest BCUT2D eigenvalue weighted by Gasteiger charge is 2.19. The van der Waals surface area contributed by atoms with Crippen LogP contribution >= 0.6 is 0 Å². The van der Waals surface area contributed by atoms with Gasteiger partial charge >= 0.3 is 0 Å². The van der Waals surface area contributed by atoms with Crippen LogP contribution in [-0.4, -0.2) is 43.8 Å². The van der Waals surface area contributed by atoms with Crippen molar-refractivity contribution >= 4 is 22.7 Å². The van der Waals surface area contributed by atoms with Crippen LogP contribution in [0.3, 0.4) is 0 Å². The molecule has 3 aromatic rings. The Morgan fingerprint density at radius 3 is 2.84 bits per heavy atom. The molecule has 0 aliphatic carbocycles. The monoisotopic (exact) mass is 421 g/mol. The molecule has 3 heterocycles. The third-order valence-corrected chi connectivity index (χ3v) is 5.92. The molecule has 1 aliphatic rings. The number of nitrogens with one attached hydrogen (secondary N) is 1. The molecule has 31 heavy (non-hydrogen) atoms. The molecule has 1 aromatic carbocycles. The Kier molecular flexibility index (Phi) is 6.18.